The van der Waals surface area contributed by atoms with Crippen LogP contribution in [-0.2, 0) is 6.42 Å². The molecule has 0 saturated carbocycles. The first-order valence-electron chi connectivity index (χ1n) is 6.42. The van der Waals surface area contributed by atoms with Crippen molar-refractivity contribution in [3.63, 3.8) is 0 Å². The topological polar surface area (TPSA) is 42.1 Å². The van der Waals surface area contributed by atoms with Gasteiger partial charge < -0.3 is 10.6 Å². The standard InChI is InChI=1S/C14H25N3/c1-12(2)14(15)7-10-17(3)9-6-13-5-4-8-16-11-13/h4-5,8,11-12,14H,6-7,9-10,15H2,1-3H3. The normalized spacial score (nSPS) is 13.3. The predicted molar refractivity (Wildman–Crippen MR) is 72.9 cm³/mol. The second kappa shape index (κ2) is 7.41. The number of likely N-dealkylation sites (N-methyl/N-ethyl adjacent to an activating group) is 1. The van der Waals surface area contributed by atoms with Crippen molar-refractivity contribution in [1.29, 1.82) is 0 Å². The van der Waals surface area contributed by atoms with Crippen LogP contribution in [0.3, 0.4) is 0 Å². The molecule has 1 aromatic rings. The van der Waals surface area contributed by atoms with Crippen molar-refractivity contribution in [3.05, 3.63) is 30.1 Å². The zero-order valence-corrected chi connectivity index (χ0v) is 11.3. The number of pyridine rings is 1. The molecule has 0 aliphatic carbocycles. The van der Waals surface area contributed by atoms with Crippen LogP contribution in [0.2, 0.25) is 0 Å². The lowest BCUT2D eigenvalue weighted by Gasteiger charge is -2.21. The number of hydrogen-bond acceptors (Lipinski definition) is 3. The van der Waals surface area contributed by atoms with Crippen LogP contribution < -0.4 is 5.73 Å². The Morgan fingerprint density at radius 2 is 2.12 bits per heavy atom. The molecule has 96 valence electrons. The van der Waals surface area contributed by atoms with Crippen molar-refractivity contribution in [2.45, 2.75) is 32.7 Å². The fourth-order valence-electron chi connectivity index (χ4n) is 1.68. The third-order valence-electron chi connectivity index (χ3n) is 3.21. The van der Waals surface area contributed by atoms with E-state index < -0.39 is 0 Å². The van der Waals surface area contributed by atoms with Crippen LogP contribution in [0.25, 0.3) is 0 Å². The molecular weight excluding hydrogens is 210 g/mol. The fourth-order valence-corrected chi connectivity index (χ4v) is 1.68. The second-order valence-corrected chi connectivity index (χ2v) is 5.11. The molecule has 0 bridgehead atoms. The molecule has 1 aromatic heterocycles. The quantitative estimate of drug-likeness (QED) is 0.785. The van der Waals surface area contributed by atoms with Gasteiger partial charge in [0.1, 0.15) is 0 Å². The number of rotatable bonds is 7. The van der Waals surface area contributed by atoms with Gasteiger partial charge in [0.2, 0.25) is 0 Å². The average molecular weight is 235 g/mol. The van der Waals surface area contributed by atoms with Gasteiger partial charge in [-0.2, -0.15) is 0 Å². The average Bonchev–Trinajstić information content (AvgIpc) is 2.34. The van der Waals surface area contributed by atoms with Crippen molar-refractivity contribution in [2.24, 2.45) is 11.7 Å². The summed E-state index contributed by atoms with van der Waals surface area (Å²) in [6, 6.07) is 4.43. The maximum absolute atomic E-state index is 6.04. The Balaban J connectivity index is 2.19. The van der Waals surface area contributed by atoms with Gasteiger partial charge in [-0.3, -0.25) is 4.98 Å². The SMILES string of the molecule is CC(C)C(N)CCN(C)CCc1cccnc1. The largest absolute Gasteiger partial charge is 0.327 e. The third-order valence-corrected chi connectivity index (χ3v) is 3.21. The van der Waals surface area contributed by atoms with Crippen LogP contribution in [0, 0.1) is 5.92 Å². The molecule has 0 aliphatic heterocycles. The molecule has 0 saturated heterocycles. The first-order valence-corrected chi connectivity index (χ1v) is 6.42. The summed E-state index contributed by atoms with van der Waals surface area (Å²) in [5.41, 5.74) is 7.33. The summed E-state index contributed by atoms with van der Waals surface area (Å²) in [5, 5.41) is 0. The minimum atomic E-state index is 0.316. The molecule has 0 amide bonds. The van der Waals surface area contributed by atoms with Crippen molar-refractivity contribution in [1.82, 2.24) is 9.88 Å². The van der Waals surface area contributed by atoms with Crippen LogP contribution in [0.15, 0.2) is 24.5 Å². The highest BCUT2D eigenvalue weighted by molar-refractivity contribution is 5.08. The van der Waals surface area contributed by atoms with E-state index in [1.807, 2.05) is 18.5 Å². The lowest BCUT2D eigenvalue weighted by molar-refractivity contribution is 0.306. The second-order valence-electron chi connectivity index (χ2n) is 5.11. The van der Waals surface area contributed by atoms with E-state index in [0.717, 1.165) is 25.9 Å². The first-order chi connectivity index (χ1) is 8.09. The van der Waals surface area contributed by atoms with Crippen LogP contribution in [0.4, 0.5) is 0 Å². The van der Waals surface area contributed by atoms with E-state index in [1.165, 1.54) is 5.56 Å². The molecule has 3 nitrogen and oxygen atoms in total. The Morgan fingerprint density at radius 3 is 2.71 bits per heavy atom. The van der Waals surface area contributed by atoms with Crippen LogP contribution in [0.5, 0.6) is 0 Å². The summed E-state index contributed by atoms with van der Waals surface area (Å²) in [4.78, 5) is 6.46. The molecule has 1 heterocycles. The predicted octanol–water partition coefficient (Wildman–Crippen LogP) is 1.93. The smallest absolute Gasteiger partial charge is 0.0300 e. The van der Waals surface area contributed by atoms with Crippen molar-refractivity contribution in [3.8, 4) is 0 Å². The molecule has 1 unspecified atom stereocenters. The van der Waals surface area contributed by atoms with Gasteiger partial charge in [-0.15, -0.1) is 0 Å². The fraction of sp³-hybridized carbons (Fsp3) is 0.643. The highest BCUT2D eigenvalue weighted by atomic mass is 15.1. The number of aromatic nitrogens is 1. The maximum atomic E-state index is 6.04. The monoisotopic (exact) mass is 235 g/mol. The Bertz CT molecular complexity index is 298. The Hall–Kier alpha value is -0.930. The summed E-state index contributed by atoms with van der Waals surface area (Å²) >= 11 is 0. The van der Waals surface area contributed by atoms with Gasteiger partial charge in [-0.05, 0) is 44.0 Å². The minimum absolute atomic E-state index is 0.316. The van der Waals surface area contributed by atoms with Crippen LogP contribution in [-0.4, -0.2) is 36.1 Å². The molecule has 0 aromatic carbocycles. The van der Waals surface area contributed by atoms with Crippen LogP contribution in [0.1, 0.15) is 25.8 Å². The molecule has 3 heteroatoms. The zero-order valence-electron chi connectivity index (χ0n) is 11.3. The van der Waals surface area contributed by atoms with Gasteiger partial charge in [0, 0.05) is 25.0 Å². The Labute approximate surface area is 105 Å². The molecule has 1 atom stereocenters. The summed E-state index contributed by atoms with van der Waals surface area (Å²) in [5.74, 6) is 0.571. The lowest BCUT2D eigenvalue weighted by Crippen LogP contribution is -2.32. The summed E-state index contributed by atoms with van der Waals surface area (Å²) < 4.78 is 0. The minimum Gasteiger partial charge on any atom is -0.327 e. The van der Waals surface area contributed by atoms with Gasteiger partial charge in [-0.25, -0.2) is 0 Å². The zero-order chi connectivity index (χ0) is 12.7. The van der Waals surface area contributed by atoms with E-state index in [4.69, 9.17) is 5.73 Å². The van der Waals surface area contributed by atoms with Crippen molar-refractivity contribution in [2.75, 3.05) is 20.1 Å². The van der Waals surface area contributed by atoms with Gasteiger partial charge in [0.05, 0.1) is 0 Å². The van der Waals surface area contributed by atoms with Crippen LogP contribution >= 0.6 is 0 Å². The van der Waals surface area contributed by atoms with Gasteiger partial charge in [-0.1, -0.05) is 19.9 Å². The Kier molecular flexibility index (Phi) is 6.16. The van der Waals surface area contributed by atoms with Gasteiger partial charge >= 0.3 is 0 Å². The molecule has 0 aliphatic rings. The number of nitrogens with zero attached hydrogens (tertiary/aromatic N) is 2. The Morgan fingerprint density at radius 1 is 1.35 bits per heavy atom. The number of nitrogens with two attached hydrogens (primary N) is 1. The van der Waals surface area contributed by atoms with E-state index in [1.54, 1.807) is 0 Å². The van der Waals surface area contributed by atoms with E-state index >= 15 is 0 Å². The highest BCUT2D eigenvalue weighted by Gasteiger charge is 2.08. The molecule has 1 rings (SSSR count). The van der Waals surface area contributed by atoms with Gasteiger partial charge in [0.25, 0.3) is 0 Å². The lowest BCUT2D eigenvalue weighted by atomic mass is 10.0. The molecule has 17 heavy (non-hydrogen) atoms. The molecule has 2 N–H and O–H groups in total. The maximum Gasteiger partial charge on any atom is 0.0300 e. The summed E-state index contributed by atoms with van der Waals surface area (Å²) in [6.07, 6.45) is 5.88. The van der Waals surface area contributed by atoms with Gasteiger partial charge in [0.15, 0.2) is 0 Å². The van der Waals surface area contributed by atoms with E-state index in [0.29, 0.717) is 12.0 Å². The number of hydrogen-bond donors (Lipinski definition) is 1. The molecule has 0 radical (unpaired) electrons. The summed E-state index contributed by atoms with van der Waals surface area (Å²) in [7, 11) is 2.16. The van der Waals surface area contributed by atoms with E-state index in [2.05, 4.69) is 36.8 Å². The van der Waals surface area contributed by atoms with Crippen molar-refractivity contribution < 1.29 is 0 Å². The highest BCUT2D eigenvalue weighted by Crippen LogP contribution is 2.04. The van der Waals surface area contributed by atoms with E-state index in [9.17, 15) is 0 Å². The first kappa shape index (κ1) is 14.1. The molecular formula is C14H25N3. The van der Waals surface area contributed by atoms with Crippen molar-refractivity contribution >= 4 is 0 Å². The summed E-state index contributed by atoms with van der Waals surface area (Å²) in [6.45, 7) is 6.50. The van der Waals surface area contributed by atoms with E-state index in [-0.39, 0.29) is 0 Å². The molecule has 0 spiro atoms. The third kappa shape index (κ3) is 5.80. The molecule has 0 fully saturated rings.